The van der Waals surface area contributed by atoms with Crippen LogP contribution in [0.1, 0.15) is 37.6 Å². The van der Waals surface area contributed by atoms with Gasteiger partial charge in [-0.1, -0.05) is 19.8 Å². The number of unbranched alkanes of at least 4 members (excludes halogenated alkanes) is 1. The fourth-order valence-electron chi connectivity index (χ4n) is 1.94. The van der Waals surface area contributed by atoms with Crippen LogP contribution in [-0.2, 0) is 11.3 Å². The van der Waals surface area contributed by atoms with E-state index in [-0.39, 0.29) is 43.3 Å². The minimum absolute atomic E-state index is 0. The van der Waals surface area contributed by atoms with Gasteiger partial charge < -0.3 is 11.1 Å². The number of carbonyl (C=O) groups excluding carboxylic acids is 1. The van der Waals surface area contributed by atoms with E-state index < -0.39 is 0 Å². The van der Waals surface area contributed by atoms with Gasteiger partial charge in [0.2, 0.25) is 5.91 Å². The fraction of sp³-hybridized carbons (Fsp3) is 0.692. The molecule has 1 aromatic heterocycles. The number of halogens is 2. The van der Waals surface area contributed by atoms with Crippen LogP contribution in [0.5, 0.6) is 0 Å². The molecule has 7 heteroatoms. The first kappa shape index (κ1) is 21.5. The van der Waals surface area contributed by atoms with Crippen LogP contribution in [0.2, 0.25) is 0 Å². The Bertz CT molecular complexity index is 396. The molecule has 20 heavy (non-hydrogen) atoms. The van der Waals surface area contributed by atoms with Gasteiger partial charge in [0.1, 0.15) is 6.54 Å². The first-order valence-electron chi connectivity index (χ1n) is 6.57. The number of carbonyl (C=O) groups is 1. The Hall–Kier alpha value is -0.780. The van der Waals surface area contributed by atoms with E-state index in [2.05, 4.69) is 17.3 Å². The van der Waals surface area contributed by atoms with E-state index in [9.17, 15) is 4.79 Å². The van der Waals surface area contributed by atoms with E-state index in [1.807, 2.05) is 19.9 Å². The Morgan fingerprint density at radius 3 is 2.55 bits per heavy atom. The topological polar surface area (TPSA) is 72.9 Å². The molecule has 5 nitrogen and oxygen atoms in total. The van der Waals surface area contributed by atoms with Crippen LogP contribution in [0.3, 0.4) is 0 Å². The van der Waals surface area contributed by atoms with E-state index in [4.69, 9.17) is 5.73 Å². The minimum atomic E-state index is -0.0206. The summed E-state index contributed by atoms with van der Waals surface area (Å²) in [5.41, 5.74) is 7.58. The molecule has 1 atom stereocenters. The summed E-state index contributed by atoms with van der Waals surface area (Å²) in [6, 6.07) is 2.04. The first-order chi connectivity index (χ1) is 8.56. The summed E-state index contributed by atoms with van der Waals surface area (Å²) >= 11 is 0. The number of aryl methyl sites for hydroxylation is 2. The third-order valence-electron chi connectivity index (χ3n) is 2.95. The number of rotatable bonds is 7. The minimum Gasteiger partial charge on any atom is -0.350 e. The molecule has 1 amide bonds. The SMILES string of the molecule is CCCCC(CN)NC(=O)Cn1nc(C)cc1C.Cl.Cl. The van der Waals surface area contributed by atoms with Crippen LogP contribution in [0.4, 0.5) is 0 Å². The van der Waals surface area contributed by atoms with Gasteiger partial charge >= 0.3 is 0 Å². The molecule has 0 radical (unpaired) electrons. The number of nitrogens with zero attached hydrogens (tertiary/aromatic N) is 2. The largest absolute Gasteiger partial charge is 0.350 e. The Morgan fingerprint density at radius 1 is 1.45 bits per heavy atom. The maximum atomic E-state index is 11.9. The molecule has 0 saturated heterocycles. The van der Waals surface area contributed by atoms with Crippen molar-refractivity contribution in [3.8, 4) is 0 Å². The maximum absolute atomic E-state index is 11.9. The highest BCUT2D eigenvalue weighted by atomic mass is 35.5. The van der Waals surface area contributed by atoms with Crippen LogP contribution in [-0.4, -0.2) is 28.3 Å². The molecule has 1 aromatic rings. The van der Waals surface area contributed by atoms with Crippen molar-refractivity contribution in [1.82, 2.24) is 15.1 Å². The molecule has 118 valence electrons. The number of nitrogens with one attached hydrogen (secondary N) is 1. The van der Waals surface area contributed by atoms with Crippen molar-refractivity contribution < 1.29 is 4.79 Å². The molecule has 0 fully saturated rings. The number of hydrogen-bond acceptors (Lipinski definition) is 3. The third-order valence-corrected chi connectivity index (χ3v) is 2.95. The van der Waals surface area contributed by atoms with Crippen LogP contribution in [0.15, 0.2) is 6.07 Å². The number of aromatic nitrogens is 2. The predicted molar refractivity (Wildman–Crippen MR) is 86.7 cm³/mol. The third kappa shape index (κ3) is 7.12. The van der Waals surface area contributed by atoms with Crippen molar-refractivity contribution in [2.45, 2.75) is 52.6 Å². The van der Waals surface area contributed by atoms with E-state index in [1.165, 1.54) is 0 Å². The zero-order chi connectivity index (χ0) is 13.5. The number of nitrogens with two attached hydrogens (primary N) is 1. The molecule has 1 unspecified atom stereocenters. The average Bonchev–Trinajstić information content (AvgIpc) is 2.63. The first-order valence-corrected chi connectivity index (χ1v) is 6.57. The lowest BCUT2D eigenvalue weighted by Crippen LogP contribution is -2.41. The van der Waals surface area contributed by atoms with Gasteiger partial charge in [-0.3, -0.25) is 9.48 Å². The second kappa shape index (κ2) is 10.9. The molecule has 1 heterocycles. The van der Waals surface area contributed by atoms with Crippen LogP contribution >= 0.6 is 24.8 Å². The normalized spacial score (nSPS) is 11.2. The van der Waals surface area contributed by atoms with Gasteiger partial charge in [0.15, 0.2) is 0 Å². The van der Waals surface area contributed by atoms with Gasteiger partial charge in [-0.2, -0.15) is 5.10 Å². The van der Waals surface area contributed by atoms with Crippen molar-refractivity contribution in [2.24, 2.45) is 5.73 Å². The van der Waals surface area contributed by atoms with E-state index >= 15 is 0 Å². The second-order valence-electron chi connectivity index (χ2n) is 4.73. The van der Waals surface area contributed by atoms with Crippen molar-refractivity contribution in [1.29, 1.82) is 0 Å². The van der Waals surface area contributed by atoms with Gasteiger partial charge in [0.25, 0.3) is 0 Å². The smallest absolute Gasteiger partial charge is 0.242 e. The predicted octanol–water partition coefficient (Wildman–Crippen LogP) is 1.98. The van der Waals surface area contributed by atoms with Crippen molar-refractivity contribution in [3.05, 3.63) is 17.5 Å². The fourth-order valence-corrected chi connectivity index (χ4v) is 1.94. The standard InChI is InChI=1S/C13H24N4O.2ClH/c1-4-5-6-12(8-14)15-13(18)9-17-11(3)7-10(2)16-17;;/h7,12H,4-6,8-9,14H2,1-3H3,(H,15,18);2*1H. The Labute approximate surface area is 133 Å². The summed E-state index contributed by atoms with van der Waals surface area (Å²) in [6.07, 6.45) is 3.14. The lowest BCUT2D eigenvalue weighted by atomic mass is 10.1. The van der Waals surface area contributed by atoms with Crippen molar-refractivity contribution in [2.75, 3.05) is 6.54 Å². The molecule has 0 aliphatic heterocycles. The molecule has 3 N–H and O–H groups in total. The highest BCUT2D eigenvalue weighted by molar-refractivity contribution is 5.85. The summed E-state index contributed by atoms with van der Waals surface area (Å²) in [5.74, 6) is -0.0206. The summed E-state index contributed by atoms with van der Waals surface area (Å²) in [4.78, 5) is 11.9. The summed E-state index contributed by atoms with van der Waals surface area (Å²) in [6.45, 7) is 6.76. The average molecular weight is 325 g/mol. The quantitative estimate of drug-likeness (QED) is 0.805. The Kier molecular flexibility index (Phi) is 11.8. The van der Waals surface area contributed by atoms with E-state index in [1.54, 1.807) is 4.68 Å². The van der Waals surface area contributed by atoms with Gasteiger partial charge in [-0.05, 0) is 26.3 Å². The molecular weight excluding hydrogens is 299 g/mol. The van der Waals surface area contributed by atoms with Crippen LogP contribution < -0.4 is 11.1 Å². The van der Waals surface area contributed by atoms with Crippen LogP contribution in [0.25, 0.3) is 0 Å². The molecule has 0 spiro atoms. The molecular formula is C13H26Cl2N4O. The van der Waals surface area contributed by atoms with Crippen molar-refractivity contribution in [3.63, 3.8) is 0 Å². The molecule has 0 bridgehead atoms. The molecule has 0 aliphatic carbocycles. The molecule has 0 saturated carbocycles. The molecule has 1 rings (SSSR count). The molecule has 0 aliphatic rings. The zero-order valence-corrected chi connectivity index (χ0v) is 14.0. The highest BCUT2D eigenvalue weighted by Crippen LogP contribution is 2.02. The second-order valence-corrected chi connectivity index (χ2v) is 4.73. The van der Waals surface area contributed by atoms with Gasteiger partial charge in [0.05, 0.1) is 5.69 Å². The molecule has 0 aromatic carbocycles. The van der Waals surface area contributed by atoms with Crippen LogP contribution in [0, 0.1) is 13.8 Å². The maximum Gasteiger partial charge on any atom is 0.242 e. The van der Waals surface area contributed by atoms with Gasteiger partial charge in [-0.25, -0.2) is 0 Å². The van der Waals surface area contributed by atoms with Gasteiger partial charge in [0, 0.05) is 18.3 Å². The summed E-state index contributed by atoms with van der Waals surface area (Å²) < 4.78 is 1.72. The van der Waals surface area contributed by atoms with E-state index in [0.717, 1.165) is 30.7 Å². The lowest BCUT2D eigenvalue weighted by molar-refractivity contribution is -0.122. The zero-order valence-electron chi connectivity index (χ0n) is 12.4. The summed E-state index contributed by atoms with van der Waals surface area (Å²) in [5, 5.41) is 7.23. The van der Waals surface area contributed by atoms with E-state index in [0.29, 0.717) is 6.54 Å². The number of hydrogen-bond donors (Lipinski definition) is 2. The summed E-state index contributed by atoms with van der Waals surface area (Å²) in [7, 11) is 0. The van der Waals surface area contributed by atoms with Gasteiger partial charge in [-0.15, -0.1) is 24.8 Å². The highest BCUT2D eigenvalue weighted by Gasteiger charge is 2.12. The van der Waals surface area contributed by atoms with Crippen molar-refractivity contribution >= 4 is 30.7 Å². The number of amides is 1. The Morgan fingerprint density at radius 2 is 2.10 bits per heavy atom. The Balaban J connectivity index is 0. The monoisotopic (exact) mass is 324 g/mol. The lowest BCUT2D eigenvalue weighted by Gasteiger charge is -2.16.